The molecule has 3 rings (SSSR count). The summed E-state index contributed by atoms with van der Waals surface area (Å²) < 4.78 is 2.04. The third-order valence-corrected chi connectivity index (χ3v) is 4.43. The maximum atomic E-state index is 4.11. The molecule has 0 amide bonds. The number of nitrogens with one attached hydrogen (secondary N) is 1. The van der Waals surface area contributed by atoms with Gasteiger partial charge in [-0.2, -0.15) is 0 Å². The molecular formula is C17H23N3. The summed E-state index contributed by atoms with van der Waals surface area (Å²) in [6, 6.07) is 9.24. The lowest BCUT2D eigenvalue weighted by molar-refractivity contribution is 0.317. The van der Waals surface area contributed by atoms with E-state index in [9.17, 15) is 0 Å². The van der Waals surface area contributed by atoms with Crippen LogP contribution in [0.5, 0.6) is 0 Å². The molecule has 1 aromatic carbocycles. The summed E-state index contributed by atoms with van der Waals surface area (Å²) in [6.45, 7) is 2.31. The van der Waals surface area contributed by atoms with Gasteiger partial charge >= 0.3 is 0 Å². The minimum atomic E-state index is 0.631. The summed E-state index contributed by atoms with van der Waals surface area (Å²) in [5.41, 5.74) is 2.39. The highest BCUT2D eigenvalue weighted by Gasteiger charge is 2.23. The van der Waals surface area contributed by atoms with E-state index >= 15 is 0 Å². The van der Waals surface area contributed by atoms with Gasteiger partial charge in [0.2, 0.25) is 0 Å². The van der Waals surface area contributed by atoms with Gasteiger partial charge in [-0.25, -0.2) is 4.98 Å². The highest BCUT2D eigenvalue weighted by atomic mass is 15.0. The van der Waals surface area contributed by atoms with Gasteiger partial charge < -0.3 is 9.88 Å². The third-order valence-electron chi connectivity index (χ3n) is 4.43. The number of hydrogen-bond donors (Lipinski definition) is 1. The fraction of sp³-hybridized carbons (Fsp3) is 0.471. The predicted molar refractivity (Wildman–Crippen MR) is 83.2 cm³/mol. The molecular weight excluding hydrogens is 246 g/mol. The van der Waals surface area contributed by atoms with Crippen LogP contribution in [0.3, 0.4) is 0 Å². The van der Waals surface area contributed by atoms with E-state index in [0.29, 0.717) is 6.04 Å². The van der Waals surface area contributed by atoms with Crippen molar-refractivity contribution in [2.24, 2.45) is 5.92 Å². The van der Waals surface area contributed by atoms with Crippen molar-refractivity contribution in [3.05, 3.63) is 43.0 Å². The van der Waals surface area contributed by atoms with Gasteiger partial charge in [0, 0.05) is 29.8 Å². The van der Waals surface area contributed by atoms with Crippen molar-refractivity contribution >= 4 is 5.69 Å². The zero-order chi connectivity index (χ0) is 13.8. The van der Waals surface area contributed by atoms with E-state index in [1.807, 2.05) is 23.3 Å². The van der Waals surface area contributed by atoms with E-state index in [-0.39, 0.29) is 0 Å². The number of anilines is 1. The first-order chi connectivity index (χ1) is 9.86. The summed E-state index contributed by atoms with van der Waals surface area (Å²) in [6.07, 6.45) is 12.3. The minimum absolute atomic E-state index is 0.631. The van der Waals surface area contributed by atoms with Crippen LogP contribution in [0.25, 0.3) is 5.69 Å². The normalized spacial score (nSPS) is 22.6. The lowest BCUT2D eigenvalue weighted by atomic mass is 9.83. The van der Waals surface area contributed by atoms with E-state index < -0.39 is 0 Å². The standard InChI is InChI=1S/C17H23N3/c1-2-14-6-3-4-9-17(14)19-15-7-5-8-16(12-15)20-11-10-18-13-20/h5,7-8,10-14,17,19H,2-4,6,9H2,1H3. The summed E-state index contributed by atoms with van der Waals surface area (Å²) in [5, 5.41) is 3.75. The third kappa shape index (κ3) is 2.87. The summed E-state index contributed by atoms with van der Waals surface area (Å²) in [5.74, 6) is 0.820. The SMILES string of the molecule is CCC1CCCCC1Nc1cccc(-n2ccnc2)c1. The molecule has 106 valence electrons. The minimum Gasteiger partial charge on any atom is -0.382 e. The van der Waals surface area contributed by atoms with E-state index in [0.717, 1.165) is 11.6 Å². The van der Waals surface area contributed by atoms with Crippen LogP contribution in [0.1, 0.15) is 39.0 Å². The van der Waals surface area contributed by atoms with Crippen LogP contribution in [0, 0.1) is 5.92 Å². The molecule has 1 heterocycles. The highest BCUT2D eigenvalue weighted by Crippen LogP contribution is 2.29. The molecule has 0 aliphatic heterocycles. The van der Waals surface area contributed by atoms with Crippen LogP contribution in [0.2, 0.25) is 0 Å². The molecule has 1 saturated carbocycles. The van der Waals surface area contributed by atoms with Gasteiger partial charge in [-0.15, -0.1) is 0 Å². The molecule has 0 radical (unpaired) electrons. The molecule has 2 unspecified atom stereocenters. The number of imidazole rings is 1. The molecule has 0 bridgehead atoms. The Bertz CT molecular complexity index is 533. The Morgan fingerprint density at radius 3 is 3.00 bits per heavy atom. The van der Waals surface area contributed by atoms with Crippen LogP contribution in [-0.2, 0) is 0 Å². The first kappa shape index (κ1) is 13.2. The average Bonchev–Trinajstić information content (AvgIpc) is 3.02. The van der Waals surface area contributed by atoms with Crippen molar-refractivity contribution in [1.82, 2.24) is 9.55 Å². The number of nitrogens with zero attached hydrogens (tertiary/aromatic N) is 2. The second-order valence-corrected chi connectivity index (χ2v) is 5.72. The fourth-order valence-electron chi connectivity index (χ4n) is 3.27. The molecule has 2 atom stereocenters. The molecule has 0 saturated heterocycles. The average molecular weight is 269 g/mol. The van der Waals surface area contributed by atoms with Crippen molar-refractivity contribution in [2.45, 2.75) is 45.1 Å². The zero-order valence-corrected chi connectivity index (χ0v) is 12.1. The fourth-order valence-corrected chi connectivity index (χ4v) is 3.27. The molecule has 1 aliphatic rings. The zero-order valence-electron chi connectivity index (χ0n) is 12.1. The summed E-state index contributed by atoms with van der Waals surface area (Å²) in [7, 11) is 0. The van der Waals surface area contributed by atoms with Crippen molar-refractivity contribution < 1.29 is 0 Å². The van der Waals surface area contributed by atoms with Gasteiger partial charge in [0.05, 0.1) is 6.33 Å². The van der Waals surface area contributed by atoms with Crippen LogP contribution in [0.4, 0.5) is 5.69 Å². The maximum Gasteiger partial charge on any atom is 0.0991 e. The number of benzene rings is 1. The highest BCUT2D eigenvalue weighted by molar-refractivity contribution is 5.51. The Morgan fingerprint density at radius 1 is 1.30 bits per heavy atom. The number of aromatic nitrogens is 2. The Morgan fingerprint density at radius 2 is 2.20 bits per heavy atom. The summed E-state index contributed by atoms with van der Waals surface area (Å²) >= 11 is 0. The van der Waals surface area contributed by atoms with Crippen molar-refractivity contribution in [2.75, 3.05) is 5.32 Å². The quantitative estimate of drug-likeness (QED) is 0.899. The van der Waals surface area contributed by atoms with Crippen LogP contribution in [0.15, 0.2) is 43.0 Å². The topological polar surface area (TPSA) is 29.9 Å². The molecule has 1 fully saturated rings. The van der Waals surface area contributed by atoms with E-state index in [1.54, 1.807) is 0 Å². The second-order valence-electron chi connectivity index (χ2n) is 5.72. The van der Waals surface area contributed by atoms with Crippen molar-refractivity contribution in [1.29, 1.82) is 0 Å². The van der Waals surface area contributed by atoms with Crippen LogP contribution in [-0.4, -0.2) is 15.6 Å². The maximum absolute atomic E-state index is 4.11. The monoisotopic (exact) mass is 269 g/mol. The molecule has 0 spiro atoms. The van der Waals surface area contributed by atoms with Gasteiger partial charge in [0.25, 0.3) is 0 Å². The molecule has 2 aromatic rings. The predicted octanol–water partition coefficient (Wildman–Crippen LogP) is 4.25. The number of rotatable bonds is 4. The van der Waals surface area contributed by atoms with Gasteiger partial charge in [-0.1, -0.05) is 32.3 Å². The van der Waals surface area contributed by atoms with Gasteiger partial charge in [-0.3, -0.25) is 0 Å². The van der Waals surface area contributed by atoms with Gasteiger partial charge in [0.1, 0.15) is 0 Å². The van der Waals surface area contributed by atoms with E-state index in [1.165, 1.54) is 37.8 Å². The summed E-state index contributed by atoms with van der Waals surface area (Å²) in [4.78, 5) is 4.11. The van der Waals surface area contributed by atoms with E-state index in [4.69, 9.17) is 0 Å². The first-order valence-electron chi connectivity index (χ1n) is 7.71. The van der Waals surface area contributed by atoms with Crippen molar-refractivity contribution in [3.63, 3.8) is 0 Å². The smallest absolute Gasteiger partial charge is 0.0991 e. The molecule has 1 aromatic heterocycles. The van der Waals surface area contributed by atoms with Crippen LogP contribution < -0.4 is 5.32 Å². The molecule has 1 aliphatic carbocycles. The van der Waals surface area contributed by atoms with Gasteiger partial charge in [0.15, 0.2) is 0 Å². The van der Waals surface area contributed by atoms with E-state index in [2.05, 4.69) is 41.5 Å². The Hall–Kier alpha value is -1.77. The second kappa shape index (κ2) is 6.12. The molecule has 3 heteroatoms. The largest absolute Gasteiger partial charge is 0.382 e. The van der Waals surface area contributed by atoms with Gasteiger partial charge in [-0.05, 0) is 37.0 Å². The lowest BCUT2D eigenvalue weighted by Crippen LogP contribution is -2.31. The molecule has 1 N–H and O–H groups in total. The Kier molecular flexibility index (Phi) is 4.05. The van der Waals surface area contributed by atoms with Crippen molar-refractivity contribution in [3.8, 4) is 5.69 Å². The molecule has 3 nitrogen and oxygen atoms in total. The van der Waals surface area contributed by atoms with Crippen LogP contribution >= 0.6 is 0 Å². The Labute approximate surface area is 121 Å². The lowest BCUT2D eigenvalue weighted by Gasteiger charge is -2.32. The molecule has 20 heavy (non-hydrogen) atoms. The first-order valence-corrected chi connectivity index (χ1v) is 7.71. The Balaban J connectivity index is 1.75. The number of hydrogen-bond acceptors (Lipinski definition) is 2.